The van der Waals surface area contributed by atoms with Gasteiger partial charge >= 0.3 is 5.97 Å². The Morgan fingerprint density at radius 2 is 1.92 bits per heavy atom. The third-order valence-electron chi connectivity index (χ3n) is 3.02. The molecule has 6 nitrogen and oxygen atoms in total. The zero-order valence-electron chi connectivity index (χ0n) is 14.6. The van der Waals surface area contributed by atoms with Crippen molar-refractivity contribution in [3.05, 3.63) is 22.7 Å². The molecule has 134 valence electrons. The van der Waals surface area contributed by atoms with Gasteiger partial charge in [0.25, 0.3) is 5.91 Å². The van der Waals surface area contributed by atoms with Crippen molar-refractivity contribution in [2.45, 2.75) is 46.3 Å². The van der Waals surface area contributed by atoms with Crippen LogP contribution in [0.2, 0.25) is 5.02 Å². The lowest BCUT2D eigenvalue weighted by atomic mass is 10.2. The fourth-order valence-electron chi connectivity index (χ4n) is 1.86. The standard InChI is InChI=1S/C17H24ClNO5/c1-6-7-19-16(20)11(4)24-17(21)12-8-13(18)15(23-10(2)3)14(9-12)22-5/h8-11H,6-7H2,1-5H3,(H,19,20)/t11-/m0/s1. The summed E-state index contributed by atoms with van der Waals surface area (Å²) in [5, 5.41) is 2.90. The zero-order chi connectivity index (χ0) is 18.3. The van der Waals surface area contributed by atoms with Crippen LogP contribution in [0.3, 0.4) is 0 Å². The van der Waals surface area contributed by atoms with Crippen LogP contribution in [0.4, 0.5) is 0 Å². The molecule has 0 aliphatic rings. The monoisotopic (exact) mass is 357 g/mol. The summed E-state index contributed by atoms with van der Waals surface area (Å²) in [6.07, 6.45) is -0.201. The van der Waals surface area contributed by atoms with Crippen molar-refractivity contribution in [1.82, 2.24) is 5.32 Å². The number of esters is 1. The lowest BCUT2D eigenvalue weighted by Gasteiger charge is -2.17. The molecule has 0 bridgehead atoms. The van der Waals surface area contributed by atoms with Crippen molar-refractivity contribution < 1.29 is 23.8 Å². The second-order valence-electron chi connectivity index (χ2n) is 5.49. The third-order valence-corrected chi connectivity index (χ3v) is 3.30. The summed E-state index contributed by atoms with van der Waals surface area (Å²) in [4.78, 5) is 24.0. The second-order valence-corrected chi connectivity index (χ2v) is 5.90. The molecule has 1 amide bonds. The van der Waals surface area contributed by atoms with E-state index < -0.39 is 12.1 Å². The first-order valence-electron chi connectivity index (χ1n) is 7.83. The number of hydrogen-bond acceptors (Lipinski definition) is 5. The number of carbonyl (C=O) groups excluding carboxylic acids is 2. The normalized spacial score (nSPS) is 11.8. The molecular formula is C17H24ClNO5. The number of carbonyl (C=O) groups is 2. The molecule has 0 fully saturated rings. The highest BCUT2D eigenvalue weighted by Crippen LogP contribution is 2.37. The highest BCUT2D eigenvalue weighted by atomic mass is 35.5. The first-order valence-corrected chi connectivity index (χ1v) is 8.20. The Morgan fingerprint density at radius 1 is 1.25 bits per heavy atom. The van der Waals surface area contributed by atoms with Gasteiger partial charge in [-0.25, -0.2) is 4.79 Å². The van der Waals surface area contributed by atoms with Crippen LogP contribution in [-0.2, 0) is 9.53 Å². The number of hydrogen-bond donors (Lipinski definition) is 1. The van der Waals surface area contributed by atoms with Crippen LogP contribution >= 0.6 is 11.6 Å². The van der Waals surface area contributed by atoms with Gasteiger partial charge < -0.3 is 19.5 Å². The third kappa shape index (κ3) is 5.60. The number of amides is 1. The van der Waals surface area contributed by atoms with E-state index in [4.69, 9.17) is 25.8 Å². The molecule has 1 rings (SSSR count). The molecule has 0 spiro atoms. The van der Waals surface area contributed by atoms with Gasteiger partial charge in [0.2, 0.25) is 0 Å². The number of rotatable bonds is 8. The lowest BCUT2D eigenvalue weighted by Crippen LogP contribution is -2.36. The van der Waals surface area contributed by atoms with Gasteiger partial charge in [-0.15, -0.1) is 0 Å². The number of halogens is 1. The van der Waals surface area contributed by atoms with Crippen LogP contribution in [-0.4, -0.2) is 37.7 Å². The molecule has 1 atom stereocenters. The molecule has 0 saturated carbocycles. The highest BCUT2D eigenvalue weighted by molar-refractivity contribution is 6.32. The van der Waals surface area contributed by atoms with Gasteiger partial charge in [-0.05, 0) is 39.3 Å². The first-order chi connectivity index (χ1) is 11.3. The molecule has 1 N–H and O–H groups in total. The van der Waals surface area contributed by atoms with Crippen LogP contribution in [0.25, 0.3) is 0 Å². The van der Waals surface area contributed by atoms with E-state index in [0.717, 1.165) is 6.42 Å². The van der Waals surface area contributed by atoms with Crippen molar-refractivity contribution >= 4 is 23.5 Å². The minimum Gasteiger partial charge on any atom is -0.493 e. The van der Waals surface area contributed by atoms with Crippen molar-refractivity contribution in [3.63, 3.8) is 0 Å². The van der Waals surface area contributed by atoms with Gasteiger partial charge in [0.05, 0.1) is 23.8 Å². The van der Waals surface area contributed by atoms with Crippen molar-refractivity contribution in [2.75, 3.05) is 13.7 Å². The lowest BCUT2D eigenvalue weighted by molar-refractivity contribution is -0.129. The maximum atomic E-state index is 12.2. The fraction of sp³-hybridized carbons (Fsp3) is 0.529. The topological polar surface area (TPSA) is 73.9 Å². The van der Waals surface area contributed by atoms with Crippen molar-refractivity contribution in [2.24, 2.45) is 0 Å². The summed E-state index contributed by atoms with van der Waals surface area (Å²) < 4.78 is 16.0. The smallest absolute Gasteiger partial charge is 0.339 e. The predicted molar refractivity (Wildman–Crippen MR) is 91.9 cm³/mol. The molecule has 1 aromatic carbocycles. The van der Waals surface area contributed by atoms with Gasteiger partial charge in [-0.2, -0.15) is 0 Å². The Kier molecular flexibility index (Phi) is 7.85. The Hall–Kier alpha value is -1.95. The molecule has 0 heterocycles. The zero-order valence-corrected chi connectivity index (χ0v) is 15.4. The summed E-state index contributed by atoms with van der Waals surface area (Å²) in [7, 11) is 1.45. The second kappa shape index (κ2) is 9.37. The maximum absolute atomic E-state index is 12.2. The van der Waals surface area contributed by atoms with Crippen LogP contribution in [0, 0.1) is 0 Å². The molecule has 1 aromatic rings. The molecule has 24 heavy (non-hydrogen) atoms. The number of benzene rings is 1. The molecule has 0 unspecified atom stereocenters. The van der Waals surface area contributed by atoms with Gasteiger partial charge in [0.15, 0.2) is 17.6 Å². The Labute approximate surface area is 147 Å². The van der Waals surface area contributed by atoms with Crippen molar-refractivity contribution in [3.8, 4) is 11.5 Å². The molecular weight excluding hydrogens is 334 g/mol. The maximum Gasteiger partial charge on any atom is 0.339 e. The van der Waals surface area contributed by atoms with Gasteiger partial charge in [0.1, 0.15) is 0 Å². The summed E-state index contributed by atoms with van der Waals surface area (Å²) in [6, 6.07) is 2.91. The molecule has 7 heteroatoms. The first kappa shape index (κ1) is 20.1. The largest absolute Gasteiger partial charge is 0.493 e. The number of methoxy groups -OCH3 is 1. The number of ether oxygens (including phenoxy) is 3. The molecule has 0 aliphatic carbocycles. The van der Waals surface area contributed by atoms with E-state index in [2.05, 4.69) is 5.32 Å². The molecule has 0 aliphatic heterocycles. The minimum atomic E-state index is -0.902. The minimum absolute atomic E-state index is 0.100. The molecule has 0 aromatic heterocycles. The molecule has 0 radical (unpaired) electrons. The van der Waals surface area contributed by atoms with E-state index >= 15 is 0 Å². The number of nitrogens with one attached hydrogen (secondary N) is 1. The SMILES string of the molecule is CCCNC(=O)[C@H](C)OC(=O)c1cc(Cl)c(OC(C)C)c(OC)c1. The Balaban J connectivity index is 2.91. The van der Waals surface area contributed by atoms with Crippen LogP contribution in [0.1, 0.15) is 44.5 Å². The molecule has 0 saturated heterocycles. The average Bonchev–Trinajstić information content (AvgIpc) is 2.53. The van der Waals surface area contributed by atoms with E-state index in [-0.39, 0.29) is 22.6 Å². The van der Waals surface area contributed by atoms with Crippen LogP contribution in [0.5, 0.6) is 11.5 Å². The van der Waals surface area contributed by atoms with E-state index in [1.54, 1.807) is 0 Å². The summed E-state index contributed by atoms with van der Waals surface area (Å²) in [6.45, 7) is 7.69. The summed E-state index contributed by atoms with van der Waals surface area (Å²) in [5.41, 5.74) is 0.183. The van der Waals surface area contributed by atoms with Gasteiger partial charge in [-0.3, -0.25) is 4.79 Å². The van der Waals surface area contributed by atoms with E-state index in [1.165, 1.54) is 26.2 Å². The Morgan fingerprint density at radius 3 is 2.46 bits per heavy atom. The highest BCUT2D eigenvalue weighted by Gasteiger charge is 2.21. The summed E-state index contributed by atoms with van der Waals surface area (Å²) >= 11 is 6.18. The van der Waals surface area contributed by atoms with E-state index in [0.29, 0.717) is 18.0 Å². The summed E-state index contributed by atoms with van der Waals surface area (Å²) in [5.74, 6) is -0.320. The average molecular weight is 358 g/mol. The van der Waals surface area contributed by atoms with E-state index in [1.807, 2.05) is 20.8 Å². The van der Waals surface area contributed by atoms with Gasteiger partial charge in [-0.1, -0.05) is 18.5 Å². The van der Waals surface area contributed by atoms with E-state index in [9.17, 15) is 9.59 Å². The fourth-order valence-corrected chi connectivity index (χ4v) is 2.12. The van der Waals surface area contributed by atoms with Crippen LogP contribution < -0.4 is 14.8 Å². The van der Waals surface area contributed by atoms with Gasteiger partial charge in [0, 0.05) is 6.54 Å². The predicted octanol–water partition coefficient (Wildman–Crippen LogP) is 3.21. The quantitative estimate of drug-likeness (QED) is 0.723. The van der Waals surface area contributed by atoms with Crippen LogP contribution in [0.15, 0.2) is 12.1 Å². The van der Waals surface area contributed by atoms with Crippen molar-refractivity contribution in [1.29, 1.82) is 0 Å². The Bertz CT molecular complexity index is 589.